The van der Waals surface area contributed by atoms with Crippen LogP contribution in [-0.4, -0.2) is 48.2 Å². The summed E-state index contributed by atoms with van der Waals surface area (Å²) in [6.07, 6.45) is 3.00. The SMILES string of the molecule is CN(CC1CCCO1)C(=O)C1(C(=O)O)CC1. The van der Waals surface area contributed by atoms with Gasteiger partial charge in [-0.3, -0.25) is 9.59 Å². The van der Waals surface area contributed by atoms with Gasteiger partial charge in [-0.15, -0.1) is 0 Å². The van der Waals surface area contributed by atoms with Crippen molar-refractivity contribution in [2.45, 2.75) is 31.8 Å². The first-order chi connectivity index (χ1) is 7.56. The van der Waals surface area contributed by atoms with Gasteiger partial charge >= 0.3 is 5.97 Å². The average molecular weight is 227 g/mol. The molecule has 2 aliphatic rings. The van der Waals surface area contributed by atoms with Crippen LogP contribution in [-0.2, 0) is 14.3 Å². The molecule has 1 N–H and O–H groups in total. The summed E-state index contributed by atoms with van der Waals surface area (Å²) >= 11 is 0. The van der Waals surface area contributed by atoms with Gasteiger partial charge in [-0.2, -0.15) is 0 Å². The van der Waals surface area contributed by atoms with Crippen LogP contribution in [0, 0.1) is 5.41 Å². The Morgan fingerprint density at radius 3 is 2.62 bits per heavy atom. The second kappa shape index (κ2) is 4.05. The topological polar surface area (TPSA) is 66.8 Å². The molecular weight excluding hydrogens is 210 g/mol. The lowest BCUT2D eigenvalue weighted by molar-refractivity contribution is -0.153. The van der Waals surface area contributed by atoms with E-state index in [-0.39, 0.29) is 12.0 Å². The molecule has 0 aromatic carbocycles. The molecule has 90 valence electrons. The number of hydrogen-bond acceptors (Lipinski definition) is 3. The van der Waals surface area contributed by atoms with Crippen LogP contribution in [0.5, 0.6) is 0 Å². The van der Waals surface area contributed by atoms with Crippen molar-refractivity contribution in [2.75, 3.05) is 20.2 Å². The maximum atomic E-state index is 11.9. The molecule has 0 spiro atoms. The molecule has 0 radical (unpaired) electrons. The van der Waals surface area contributed by atoms with Crippen LogP contribution in [0.15, 0.2) is 0 Å². The fourth-order valence-corrected chi connectivity index (χ4v) is 2.19. The summed E-state index contributed by atoms with van der Waals surface area (Å²) in [7, 11) is 1.66. The molecule has 1 unspecified atom stereocenters. The predicted molar refractivity (Wildman–Crippen MR) is 55.9 cm³/mol. The molecule has 1 heterocycles. The van der Waals surface area contributed by atoms with Crippen LogP contribution in [0.1, 0.15) is 25.7 Å². The molecule has 1 aliphatic heterocycles. The van der Waals surface area contributed by atoms with Crippen molar-refractivity contribution in [3.63, 3.8) is 0 Å². The maximum Gasteiger partial charge on any atom is 0.319 e. The number of aliphatic carboxylic acids is 1. The highest BCUT2D eigenvalue weighted by molar-refractivity contribution is 6.04. The molecule has 1 saturated heterocycles. The Balaban J connectivity index is 1.91. The number of amides is 1. The summed E-state index contributed by atoms with van der Waals surface area (Å²) in [6.45, 7) is 1.25. The number of hydrogen-bond donors (Lipinski definition) is 1. The highest BCUT2D eigenvalue weighted by Crippen LogP contribution is 2.47. The van der Waals surface area contributed by atoms with E-state index in [1.807, 2.05) is 0 Å². The van der Waals surface area contributed by atoms with E-state index in [4.69, 9.17) is 9.84 Å². The molecule has 2 rings (SSSR count). The highest BCUT2D eigenvalue weighted by Gasteiger charge is 2.58. The van der Waals surface area contributed by atoms with Gasteiger partial charge in [0, 0.05) is 20.2 Å². The summed E-state index contributed by atoms with van der Waals surface area (Å²) in [4.78, 5) is 24.4. The monoisotopic (exact) mass is 227 g/mol. The van der Waals surface area contributed by atoms with Crippen molar-refractivity contribution in [1.82, 2.24) is 4.90 Å². The third-order valence-electron chi connectivity index (χ3n) is 3.42. The first-order valence-electron chi connectivity index (χ1n) is 5.67. The summed E-state index contributed by atoms with van der Waals surface area (Å²) in [6, 6.07) is 0. The standard InChI is InChI=1S/C11H17NO4/c1-12(7-8-3-2-6-16-8)9(13)11(4-5-11)10(14)15/h8H,2-7H2,1H3,(H,14,15). The van der Waals surface area contributed by atoms with Crippen LogP contribution >= 0.6 is 0 Å². The van der Waals surface area contributed by atoms with Crippen molar-refractivity contribution in [3.05, 3.63) is 0 Å². The molecule has 1 amide bonds. The van der Waals surface area contributed by atoms with Crippen molar-refractivity contribution < 1.29 is 19.4 Å². The largest absolute Gasteiger partial charge is 0.480 e. The first-order valence-corrected chi connectivity index (χ1v) is 5.67. The van der Waals surface area contributed by atoms with Crippen LogP contribution in [0.3, 0.4) is 0 Å². The van der Waals surface area contributed by atoms with Gasteiger partial charge in [-0.25, -0.2) is 0 Å². The van der Waals surface area contributed by atoms with Gasteiger partial charge in [0.2, 0.25) is 5.91 Å². The Morgan fingerprint density at radius 1 is 1.50 bits per heavy atom. The summed E-state index contributed by atoms with van der Waals surface area (Å²) in [5.74, 6) is -1.26. The minimum absolute atomic E-state index is 0.0820. The van der Waals surface area contributed by atoms with Crippen molar-refractivity contribution >= 4 is 11.9 Å². The lowest BCUT2D eigenvalue weighted by Gasteiger charge is -2.23. The zero-order valence-corrected chi connectivity index (χ0v) is 9.44. The summed E-state index contributed by atoms with van der Waals surface area (Å²) in [5.41, 5.74) is -1.12. The zero-order valence-electron chi connectivity index (χ0n) is 9.44. The molecule has 5 nitrogen and oxygen atoms in total. The number of carboxylic acids is 1. The quantitative estimate of drug-likeness (QED) is 0.710. The molecular formula is C11H17NO4. The number of ether oxygens (including phenoxy) is 1. The number of likely N-dealkylation sites (N-methyl/N-ethyl adjacent to an activating group) is 1. The van der Waals surface area contributed by atoms with E-state index in [2.05, 4.69) is 0 Å². The second-order valence-electron chi connectivity index (χ2n) is 4.71. The Morgan fingerprint density at radius 2 is 2.19 bits per heavy atom. The van der Waals surface area contributed by atoms with E-state index in [0.717, 1.165) is 19.4 Å². The minimum atomic E-state index is -1.12. The fraction of sp³-hybridized carbons (Fsp3) is 0.818. The van der Waals surface area contributed by atoms with Crippen LogP contribution in [0.4, 0.5) is 0 Å². The number of carboxylic acid groups (broad SMARTS) is 1. The van der Waals surface area contributed by atoms with E-state index in [1.54, 1.807) is 7.05 Å². The van der Waals surface area contributed by atoms with Crippen molar-refractivity contribution in [2.24, 2.45) is 5.41 Å². The van der Waals surface area contributed by atoms with Gasteiger partial charge < -0.3 is 14.7 Å². The third-order valence-corrected chi connectivity index (χ3v) is 3.42. The predicted octanol–water partition coefficient (Wildman–Crippen LogP) is 0.489. The number of carbonyl (C=O) groups is 2. The first kappa shape index (κ1) is 11.4. The molecule has 1 aliphatic carbocycles. The highest BCUT2D eigenvalue weighted by atomic mass is 16.5. The van der Waals surface area contributed by atoms with Crippen molar-refractivity contribution in [1.29, 1.82) is 0 Å². The van der Waals surface area contributed by atoms with Gasteiger partial charge in [0.25, 0.3) is 0 Å². The van der Waals surface area contributed by atoms with E-state index in [9.17, 15) is 9.59 Å². The number of rotatable bonds is 4. The molecule has 0 aromatic heterocycles. The minimum Gasteiger partial charge on any atom is -0.480 e. The van der Waals surface area contributed by atoms with E-state index >= 15 is 0 Å². The zero-order chi connectivity index (χ0) is 11.8. The van der Waals surface area contributed by atoms with Gasteiger partial charge in [-0.1, -0.05) is 0 Å². The number of carbonyl (C=O) groups excluding carboxylic acids is 1. The molecule has 0 aromatic rings. The Labute approximate surface area is 94.4 Å². The average Bonchev–Trinajstić information content (AvgIpc) is 2.91. The second-order valence-corrected chi connectivity index (χ2v) is 4.71. The molecule has 1 atom stereocenters. The number of nitrogens with zero attached hydrogens (tertiary/aromatic N) is 1. The van der Waals surface area contributed by atoms with Crippen LogP contribution < -0.4 is 0 Å². The Bertz CT molecular complexity index is 305. The van der Waals surface area contributed by atoms with E-state index in [0.29, 0.717) is 19.4 Å². The summed E-state index contributed by atoms with van der Waals surface area (Å²) in [5, 5.41) is 9.01. The fourth-order valence-electron chi connectivity index (χ4n) is 2.19. The molecule has 16 heavy (non-hydrogen) atoms. The van der Waals surface area contributed by atoms with Gasteiger partial charge in [0.05, 0.1) is 6.10 Å². The maximum absolute atomic E-state index is 11.9. The lowest BCUT2D eigenvalue weighted by atomic mass is 10.1. The molecule has 1 saturated carbocycles. The van der Waals surface area contributed by atoms with Gasteiger partial charge in [0.15, 0.2) is 0 Å². The molecule has 5 heteroatoms. The van der Waals surface area contributed by atoms with E-state index in [1.165, 1.54) is 4.90 Å². The van der Waals surface area contributed by atoms with Crippen molar-refractivity contribution in [3.8, 4) is 0 Å². The normalized spacial score (nSPS) is 26.4. The molecule has 0 bridgehead atoms. The van der Waals surface area contributed by atoms with Gasteiger partial charge in [0.1, 0.15) is 5.41 Å². The Hall–Kier alpha value is -1.10. The third kappa shape index (κ3) is 1.91. The molecule has 2 fully saturated rings. The summed E-state index contributed by atoms with van der Waals surface area (Å²) < 4.78 is 5.43. The lowest BCUT2D eigenvalue weighted by Crippen LogP contribution is -2.41. The Kier molecular flexibility index (Phi) is 2.88. The van der Waals surface area contributed by atoms with Crippen LogP contribution in [0.2, 0.25) is 0 Å². The van der Waals surface area contributed by atoms with Gasteiger partial charge in [-0.05, 0) is 25.7 Å². The van der Waals surface area contributed by atoms with Crippen LogP contribution in [0.25, 0.3) is 0 Å². The van der Waals surface area contributed by atoms with E-state index < -0.39 is 11.4 Å². The smallest absolute Gasteiger partial charge is 0.319 e.